The summed E-state index contributed by atoms with van der Waals surface area (Å²) in [5.74, 6) is -0.783. The maximum absolute atomic E-state index is 12.7. The molecule has 0 aliphatic heterocycles. The first kappa shape index (κ1) is 14.2. The van der Waals surface area contributed by atoms with E-state index >= 15 is 0 Å². The van der Waals surface area contributed by atoms with Gasteiger partial charge in [0.15, 0.2) is 0 Å². The Kier molecular flexibility index (Phi) is 4.84. The second-order valence-corrected chi connectivity index (χ2v) is 4.85. The lowest BCUT2D eigenvalue weighted by Gasteiger charge is -2.06. The van der Waals surface area contributed by atoms with Gasteiger partial charge in [-0.2, -0.15) is 11.3 Å². The third-order valence-corrected chi connectivity index (χ3v) is 3.23. The molecule has 0 fully saturated rings. The number of nitrogens with one attached hydrogen (secondary N) is 2. The molecule has 0 bridgehead atoms. The van der Waals surface area contributed by atoms with Crippen LogP contribution in [-0.4, -0.2) is 18.4 Å². The summed E-state index contributed by atoms with van der Waals surface area (Å²) < 4.78 is 12.7. The lowest BCUT2D eigenvalue weighted by atomic mass is 10.3. The van der Waals surface area contributed by atoms with Gasteiger partial charge in [0.05, 0.1) is 0 Å². The lowest BCUT2D eigenvalue weighted by Crippen LogP contribution is -2.27. The van der Waals surface area contributed by atoms with E-state index < -0.39 is 0 Å². The van der Waals surface area contributed by atoms with Crippen molar-refractivity contribution in [3.05, 3.63) is 52.5 Å². The third-order valence-electron chi connectivity index (χ3n) is 2.55. The van der Waals surface area contributed by atoms with Crippen LogP contribution in [0.2, 0.25) is 0 Å². The number of benzene rings is 1. The molecule has 1 heterocycles. The normalized spacial score (nSPS) is 10.1. The topological polar surface area (TPSA) is 58.2 Å². The van der Waals surface area contributed by atoms with Crippen LogP contribution >= 0.6 is 11.3 Å². The van der Waals surface area contributed by atoms with E-state index in [0.29, 0.717) is 11.3 Å². The molecule has 1 aromatic carbocycles. The SMILES string of the molecule is O=C(CCNC(=O)c1ccsc1)Nc1ccc(F)cc1. The van der Waals surface area contributed by atoms with Crippen LogP contribution in [0.15, 0.2) is 41.1 Å². The zero-order valence-corrected chi connectivity index (χ0v) is 11.4. The number of thiophene rings is 1. The number of anilines is 1. The smallest absolute Gasteiger partial charge is 0.252 e. The summed E-state index contributed by atoms with van der Waals surface area (Å²) in [4.78, 5) is 23.2. The van der Waals surface area contributed by atoms with E-state index in [2.05, 4.69) is 10.6 Å². The van der Waals surface area contributed by atoms with Crippen LogP contribution in [-0.2, 0) is 4.79 Å². The predicted molar refractivity (Wildman–Crippen MR) is 76.3 cm³/mol. The Morgan fingerprint density at radius 3 is 2.55 bits per heavy atom. The molecule has 0 saturated heterocycles. The minimum Gasteiger partial charge on any atom is -0.351 e. The van der Waals surface area contributed by atoms with Gasteiger partial charge >= 0.3 is 0 Å². The molecule has 2 N–H and O–H groups in total. The van der Waals surface area contributed by atoms with Crippen LogP contribution in [0, 0.1) is 5.82 Å². The average Bonchev–Trinajstić information content (AvgIpc) is 2.95. The summed E-state index contributed by atoms with van der Waals surface area (Å²) >= 11 is 1.44. The summed E-state index contributed by atoms with van der Waals surface area (Å²) in [7, 11) is 0. The monoisotopic (exact) mass is 292 g/mol. The molecule has 0 spiro atoms. The van der Waals surface area contributed by atoms with E-state index in [9.17, 15) is 14.0 Å². The molecule has 6 heteroatoms. The highest BCUT2D eigenvalue weighted by Crippen LogP contribution is 2.08. The number of carbonyl (C=O) groups excluding carboxylic acids is 2. The maximum atomic E-state index is 12.7. The number of hydrogen-bond donors (Lipinski definition) is 2. The van der Waals surface area contributed by atoms with Crippen LogP contribution < -0.4 is 10.6 Å². The first-order valence-electron chi connectivity index (χ1n) is 6.01. The fraction of sp³-hybridized carbons (Fsp3) is 0.143. The number of carbonyl (C=O) groups is 2. The Morgan fingerprint density at radius 1 is 1.15 bits per heavy atom. The summed E-state index contributed by atoms with van der Waals surface area (Å²) in [5, 5.41) is 8.84. The van der Waals surface area contributed by atoms with E-state index in [4.69, 9.17) is 0 Å². The standard InChI is InChI=1S/C14H13FN2O2S/c15-11-1-3-12(4-2-11)17-13(18)5-7-16-14(19)10-6-8-20-9-10/h1-4,6,8-9H,5,7H2,(H,16,19)(H,17,18). The maximum Gasteiger partial charge on any atom is 0.252 e. The van der Waals surface area contributed by atoms with Gasteiger partial charge in [-0.1, -0.05) is 0 Å². The van der Waals surface area contributed by atoms with Crippen molar-refractivity contribution in [3.63, 3.8) is 0 Å². The fourth-order valence-electron chi connectivity index (χ4n) is 1.54. The van der Waals surface area contributed by atoms with E-state index in [-0.39, 0.29) is 30.6 Å². The highest BCUT2D eigenvalue weighted by atomic mass is 32.1. The average molecular weight is 292 g/mol. The summed E-state index contributed by atoms with van der Waals surface area (Å²) in [5.41, 5.74) is 1.12. The van der Waals surface area contributed by atoms with Gasteiger partial charge in [-0.15, -0.1) is 0 Å². The van der Waals surface area contributed by atoms with Crippen molar-refractivity contribution in [1.29, 1.82) is 0 Å². The van der Waals surface area contributed by atoms with Gasteiger partial charge < -0.3 is 10.6 Å². The molecule has 2 aromatic rings. The van der Waals surface area contributed by atoms with Gasteiger partial charge in [-0.05, 0) is 35.7 Å². The minimum atomic E-state index is -0.356. The summed E-state index contributed by atoms with van der Waals surface area (Å²) in [6.07, 6.45) is 0.160. The third kappa shape index (κ3) is 4.17. The van der Waals surface area contributed by atoms with Crippen LogP contribution in [0.5, 0.6) is 0 Å². The molecule has 0 aliphatic carbocycles. The molecule has 2 amide bonds. The van der Waals surface area contributed by atoms with Crippen LogP contribution in [0.1, 0.15) is 16.8 Å². The van der Waals surface area contributed by atoms with Gasteiger partial charge in [-0.3, -0.25) is 9.59 Å². The predicted octanol–water partition coefficient (Wildman–Crippen LogP) is 2.65. The Morgan fingerprint density at radius 2 is 1.90 bits per heavy atom. The molecule has 104 valence electrons. The quantitative estimate of drug-likeness (QED) is 0.890. The second-order valence-electron chi connectivity index (χ2n) is 4.07. The Bertz CT molecular complexity index is 582. The zero-order chi connectivity index (χ0) is 14.4. The second kappa shape index (κ2) is 6.81. The van der Waals surface area contributed by atoms with Crippen molar-refractivity contribution < 1.29 is 14.0 Å². The van der Waals surface area contributed by atoms with Gasteiger partial charge in [0.2, 0.25) is 5.91 Å². The number of halogens is 1. The van der Waals surface area contributed by atoms with E-state index in [1.54, 1.807) is 11.4 Å². The van der Waals surface area contributed by atoms with Gasteiger partial charge in [-0.25, -0.2) is 4.39 Å². The van der Waals surface area contributed by atoms with Crippen LogP contribution in [0.3, 0.4) is 0 Å². The molecule has 4 nitrogen and oxygen atoms in total. The number of rotatable bonds is 5. The molecular weight excluding hydrogens is 279 g/mol. The molecule has 0 aliphatic rings. The highest BCUT2D eigenvalue weighted by Gasteiger charge is 2.07. The van der Waals surface area contributed by atoms with Gasteiger partial charge in [0.25, 0.3) is 5.91 Å². The molecule has 0 unspecified atom stereocenters. The highest BCUT2D eigenvalue weighted by molar-refractivity contribution is 7.08. The largest absolute Gasteiger partial charge is 0.351 e. The first-order valence-corrected chi connectivity index (χ1v) is 6.95. The Labute approximate surface area is 119 Å². The van der Waals surface area contributed by atoms with E-state index in [1.165, 1.54) is 35.6 Å². The van der Waals surface area contributed by atoms with Crippen LogP contribution in [0.4, 0.5) is 10.1 Å². The molecule has 2 rings (SSSR count). The zero-order valence-electron chi connectivity index (χ0n) is 10.6. The number of amides is 2. The molecular formula is C14H13FN2O2S. The van der Waals surface area contributed by atoms with E-state index in [1.807, 2.05) is 5.38 Å². The summed E-state index contributed by atoms with van der Waals surface area (Å²) in [6.45, 7) is 0.252. The van der Waals surface area contributed by atoms with E-state index in [0.717, 1.165) is 0 Å². The van der Waals surface area contributed by atoms with Crippen molar-refractivity contribution in [3.8, 4) is 0 Å². The van der Waals surface area contributed by atoms with Crippen molar-refractivity contribution in [2.24, 2.45) is 0 Å². The molecule has 0 radical (unpaired) electrons. The van der Waals surface area contributed by atoms with Crippen molar-refractivity contribution >= 4 is 28.8 Å². The van der Waals surface area contributed by atoms with Gasteiger partial charge in [0.1, 0.15) is 5.82 Å². The fourth-order valence-corrected chi connectivity index (χ4v) is 2.18. The Balaban J connectivity index is 1.73. The molecule has 0 atom stereocenters. The molecule has 1 aromatic heterocycles. The first-order chi connectivity index (χ1) is 9.65. The summed E-state index contributed by atoms with van der Waals surface area (Å²) in [6, 6.07) is 7.23. The minimum absolute atomic E-state index is 0.160. The molecule has 20 heavy (non-hydrogen) atoms. The molecule has 0 saturated carbocycles. The van der Waals surface area contributed by atoms with Crippen molar-refractivity contribution in [1.82, 2.24) is 5.32 Å². The van der Waals surface area contributed by atoms with Crippen molar-refractivity contribution in [2.75, 3.05) is 11.9 Å². The van der Waals surface area contributed by atoms with Crippen molar-refractivity contribution in [2.45, 2.75) is 6.42 Å². The van der Waals surface area contributed by atoms with Crippen LogP contribution in [0.25, 0.3) is 0 Å². The number of hydrogen-bond acceptors (Lipinski definition) is 3. The lowest BCUT2D eigenvalue weighted by molar-refractivity contribution is -0.116. The van der Waals surface area contributed by atoms with Gasteiger partial charge in [0, 0.05) is 29.6 Å². The Hall–Kier alpha value is -2.21.